The molecule has 1 amide bonds. The number of hydrogen-bond donors (Lipinski definition) is 1. The van der Waals surface area contributed by atoms with Crippen LogP contribution in [0.3, 0.4) is 0 Å². The Morgan fingerprint density at radius 2 is 1.55 bits per heavy atom. The molecule has 0 unspecified atom stereocenters. The summed E-state index contributed by atoms with van der Waals surface area (Å²) in [7, 11) is -6.94. The fourth-order valence-electron chi connectivity index (χ4n) is 2.89. The van der Waals surface area contributed by atoms with Gasteiger partial charge in [-0.2, -0.15) is 0 Å². The topological polar surface area (TPSA) is 136 Å². The Kier molecular flexibility index (Phi) is 7.33. The van der Waals surface area contributed by atoms with Crippen molar-refractivity contribution in [1.29, 1.82) is 0 Å². The van der Waals surface area contributed by atoms with E-state index in [1.165, 1.54) is 24.3 Å². The number of hydrogen-bond acceptors (Lipinski definition) is 8. The highest BCUT2D eigenvalue weighted by Crippen LogP contribution is 2.19. The number of carbonyl (C=O) groups excluding carboxylic acids is 1. The van der Waals surface area contributed by atoms with Crippen molar-refractivity contribution in [3.8, 4) is 0 Å². The van der Waals surface area contributed by atoms with Crippen LogP contribution in [-0.4, -0.2) is 43.9 Å². The maximum atomic E-state index is 12.4. The fourth-order valence-corrected chi connectivity index (χ4v) is 5.19. The maximum absolute atomic E-state index is 12.4. The number of nitrogens with zero attached hydrogens (tertiary/aromatic N) is 2. The molecular weight excluding hydrogens is 466 g/mol. The summed E-state index contributed by atoms with van der Waals surface area (Å²) in [4.78, 5) is 12.5. The van der Waals surface area contributed by atoms with Crippen molar-refractivity contribution >= 4 is 31.6 Å². The van der Waals surface area contributed by atoms with Crippen LogP contribution in [0.2, 0.25) is 0 Å². The standard InChI is InChI=1S/C22H25N3O6S2/c1-15(2)33(29,30)19-10-6-17(7-11-19)14-21-24-25-22(31-21)23-20(26)12-13-32(27,28)18-8-4-16(3)5-9-18/h4-11,15H,12-14H2,1-3H3,(H,23,25,26). The van der Waals surface area contributed by atoms with Crippen molar-refractivity contribution < 1.29 is 26.0 Å². The molecule has 0 aliphatic rings. The third-order valence-electron chi connectivity index (χ3n) is 4.92. The lowest BCUT2D eigenvalue weighted by molar-refractivity contribution is -0.116. The van der Waals surface area contributed by atoms with E-state index in [4.69, 9.17) is 4.42 Å². The van der Waals surface area contributed by atoms with Crippen molar-refractivity contribution in [2.24, 2.45) is 0 Å². The fraction of sp³-hybridized carbons (Fsp3) is 0.318. The molecule has 0 aliphatic heterocycles. The molecule has 3 aromatic rings. The highest BCUT2D eigenvalue weighted by atomic mass is 32.2. The summed E-state index contributed by atoms with van der Waals surface area (Å²) >= 11 is 0. The molecular formula is C22H25N3O6S2. The monoisotopic (exact) mass is 491 g/mol. The van der Waals surface area contributed by atoms with Crippen LogP contribution in [0.15, 0.2) is 62.7 Å². The third kappa shape index (κ3) is 6.26. The lowest BCUT2D eigenvalue weighted by Gasteiger charge is -2.08. The van der Waals surface area contributed by atoms with Gasteiger partial charge in [-0.3, -0.25) is 10.1 Å². The van der Waals surface area contributed by atoms with Crippen LogP contribution in [0.4, 0.5) is 6.01 Å². The molecule has 11 heteroatoms. The second kappa shape index (κ2) is 9.84. The van der Waals surface area contributed by atoms with Gasteiger partial charge in [0, 0.05) is 6.42 Å². The summed E-state index contributed by atoms with van der Waals surface area (Å²) in [6, 6.07) is 12.7. The summed E-state index contributed by atoms with van der Waals surface area (Å²) in [5.74, 6) is -0.699. The molecule has 0 radical (unpaired) electrons. The first-order valence-corrected chi connectivity index (χ1v) is 13.4. The van der Waals surface area contributed by atoms with Crippen LogP contribution in [-0.2, 0) is 30.9 Å². The van der Waals surface area contributed by atoms with Gasteiger partial charge in [0.15, 0.2) is 19.7 Å². The number of sulfone groups is 2. The maximum Gasteiger partial charge on any atom is 0.322 e. The Hall–Kier alpha value is -3.05. The van der Waals surface area contributed by atoms with Crippen LogP contribution in [0, 0.1) is 6.92 Å². The Labute approximate surface area is 193 Å². The minimum absolute atomic E-state index is 0.137. The molecule has 1 heterocycles. The number of carbonyl (C=O) groups is 1. The molecule has 3 rings (SSSR count). The highest BCUT2D eigenvalue weighted by molar-refractivity contribution is 7.92. The Morgan fingerprint density at radius 3 is 2.15 bits per heavy atom. The molecule has 0 bridgehead atoms. The van der Waals surface area contributed by atoms with E-state index >= 15 is 0 Å². The Bertz CT molecular complexity index is 1330. The number of aromatic nitrogens is 2. The zero-order valence-electron chi connectivity index (χ0n) is 18.5. The normalized spacial score (nSPS) is 12.1. The third-order valence-corrected chi connectivity index (χ3v) is 8.82. The van der Waals surface area contributed by atoms with Crippen molar-refractivity contribution in [1.82, 2.24) is 10.2 Å². The van der Waals surface area contributed by atoms with E-state index in [9.17, 15) is 21.6 Å². The van der Waals surface area contributed by atoms with Crippen molar-refractivity contribution in [3.63, 3.8) is 0 Å². The zero-order chi connectivity index (χ0) is 24.2. The van der Waals surface area contributed by atoms with Crippen LogP contribution in [0.5, 0.6) is 0 Å². The first kappa shape index (κ1) is 24.6. The van der Waals surface area contributed by atoms with Gasteiger partial charge in [-0.15, -0.1) is 5.10 Å². The van der Waals surface area contributed by atoms with E-state index in [0.717, 1.165) is 11.1 Å². The van der Waals surface area contributed by atoms with Gasteiger partial charge in [-0.25, -0.2) is 16.8 Å². The van der Waals surface area contributed by atoms with Crippen LogP contribution in [0.25, 0.3) is 0 Å². The summed E-state index contributed by atoms with van der Waals surface area (Å²) in [5.41, 5.74) is 1.69. The predicted molar refractivity (Wildman–Crippen MR) is 122 cm³/mol. The molecule has 9 nitrogen and oxygen atoms in total. The Balaban J connectivity index is 1.56. The molecule has 176 valence electrons. The molecule has 0 saturated carbocycles. The molecule has 0 saturated heterocycles. The quantitative estimate of drug-likeness (QED) is 0.482. The van der Waals surface area contributed by atoms with Crippen LogP contribution < -0.4 is 5.32 Å². The zero-order valence-corrected chi connectivity index (χ0v) is 20.1. The van der Waals surface area contributed by atoms with Gasteiger partial charge < -0.3 is 4.42 Å². The minimum Gasteiger partial charge on any atom is -0.407 e. The molecule has 33 heavy (non-hydrogen) atoms. The average molecular weight is 492 g/mol. The van der Waals surface area contributed by atoms with E-state index in [0.29, 0.717) is 0 Å². The lowest BCUT2D eigenvalue weighted by atomic mass is 10.1. The number of rotatable bonds is 9. The van der Waals surface area contributed by atoms with Gasteiger partial charge in [-0.1, -0.05) is 34.9 Å². The molecule has 2 aromatic carbocycles. The smallest absolute Gasteiger partial charge is 0.322 e. The summed E-state index contributed by atoms with van der Waals surface area (Å²) < 4.78 is 54.5. The van der Waals surface area contributed by atoms with E-state index < -0.39 is 30.8 Å². The van der Waals surface area contributed by atoms with Crippen molar-refractivity contribution in [2.45, 2.75) is 48.7 Å². The van der Waals surface area contributed by atoms with Gasteiger partial charge in [-0.05, 0) is 50.6 Å². The number of benzene rings is 2. The largest absolute Gasteiger partial charge is 0.407 e. The molecule has 1 aromatic heterocycles. The SMILES string of the molecule is Cc1ccc(S(=O)(=O)CCC(=O)Nc2nnc(Cc3ccc(S(=O)(=O)C(C)C)cc3)o2)cc1. The second-order valence-electron chi connectivity index (χ2n) is 7.85. The molecule has 0 atom stereocenters. The minimum atomic E-state index is -3.59. The van der Waals surface area contributed by atoms with Gasteiger partial charge in [0.2, 0.25) is 11.8 Å². The van der Waals surface area contributed by atoms with Crippen molar-refractivity contribution in [3.05, 3.63) is 65.5 Å². The number of aryl methyl sites for hydroxylation is 1. The first-order valence-electron chi connectivity index (χ1n) is 10.2. The lowest BCUT2D eigenvalue weighted by Crippen LogP contribution is -2.17. The van der Waals surface area contributed by atoms with E-state index in [-0.39, 0.29) is 40.3 Å². The Morgan fingerprint density at radius 1 is 0.939 bits per heavy atom. The first-order chi connectivity index (χ1) is 15.5. The van der Waals surface area contributed by atoms with Gasteiger partial charge >= 0.3 is 6.01 Å². The number of anilines is 1. The van der Waals surface area contributed by atoms with Gasteiger partial charge in [0.1, 0.15) is 0 Å². The van der Waals surface area contributed by atoms with Gasteiger partial charge in [0.05, 0.1) is 27.2 Å². The van der Waals surface area contributed by atoms with E-state index in [2.05, 4.69) is 15.5 Å². The van der Waals surface area contributed by atoms with E-state index in [1.807, 2.05) is 6.92 Å². The summed E-state index contributed by atoms with van der Waals surface area (Å²) in [6.45, 7) is 5.10. The highest BCUT2D eigenvalue weighted by Gasteiger charge is 2.20. The molecule has 1 N–H and O–H groups in total. The number of nitrogens with one attached hydrogen (secondary N) is 1. The summed E-state index contributed by atoms with van der Waals surface area (Å²) in [5, 5.41) is 9.49. The molecule has 0 aliphatic carbocycles. The van der Waals surface area contributed by atoms with Gasteiger partial charge in [0.25, 0.3) is 0 Å². The average Bonchev–Trinajstić information content (AvgIpc) is 3.19. The predicted octanol–water partition coefficient (Wildman–Crippen LogP) is 2.95. The van der Waals surface area contributed by atoms with E-state index in [1.54, 1.807) is 38.1 Å². The molecule has 0 spiro atoms. The number of amides is 1. The van der Waals surface area contributed by atoms with Crippen LogP contribution >= 0.6 is 0 Å². The summed E-state index contributed by atoms with van der Waals surface area (Å²) in [6.07, 6.45) is -0.0214. The second-order valence-corrected chi connectivity index (χ2v) is 12.5. The van der Waals surface area contributed by atoms with Crippen LogP contribution in [0.1, 0.15) is 37.3 Å². The van der Waals surface area contributed by atoms with Crippen molar-refractivity contribution in [2.75, 3.05) is 11.1 Å². The molecule has 0 fully saturated rings.